The van der Waals surface area contributed by atoms with Crippen LogP contribution < -0.4 is 10.0 Å². The number of aryl methyl sites for hydroxylation is 1. The first-order valence-corrected chi connectivity index (χ1v) is 11.4. The Hall–Kier alpha value is -1.86. The van der Waals surface area contributed by atoms with E-state index in [0.29, 0.717) is 0 Å². The van der Waals surface area contributed by atoms with Crippen LogP contribution in [0, 0.1) is 0 Å². The van der Waals surface area contributed by atoms with Crippen LogP contribution in [0.5, 0.6) is 0 Å². The number of nitrogens with one attached hydrogen (secondary N) is 2. The fraction of sp³-hybridized carbons (Fsp3) is 0.550. The average Bonchev–Trinajstić information content (AvgIpc) is 3.32. The number of carbonyl (C=O) groups excluding carboxylic acids is 1. The molecule has 1 unspecified atom stereocenters. The summed E-state index contributed by atoms with van der Waals surface area (Å²) in [6.45, 7) is 0.965. The molecule has 1 fully saturated rings. The number of carbonyl (C=O) groups is 1. The largest absolute Gasteiger partial charge is 0.333 e. The summed E-state index contributed by atoms with van der Waals surface area (Å²) < 4.78 is 26.6. The van der Waals surface area contributed by atoms with Gasteiger partial charge in [0.15, 0.2) is 0 Å². The first kappa shape index (κ1) is 18.5. The molecule has 1 aromatic carbocycles. The van der Waals surface area contributed by atoms with Crippen LogP contribution in [0.2, 0.25) is 0 Å². The summed E-state index contributed by atoms with van der Waals surface area (Å²) >= 11 is 0. The second-order valence-electron chi connectivity index (χ2n) is 7.85. The molecule has 0 bridgehead atoms. The SMILES string of the molecule is CN1CCCC1/C=C/S(=O)(=O)NC(=O)Nc1cc2c(c3c1CCC3)CCC2. The van der Waals surface area contributed by atoms with E-state index in [-0.39, 0.29) is 6.04 Å². The Kier molecular flexibility index (Phi) is 4.99. The molecule has 6 nitrogen and oxygen atoms in total. The molecular formula is C20H27N3O3S. The van der Waals surface area contributed by atoms with Gasteiger partial charge in [0, 0.05) is 17.1 Å². The van der Waals surface area contributed by atoms with Crippen molar-refractivity contribution in [2.45, 2.75) is 57.4 Å². The zero-order chi connectivity index (χ0) is 19.0. The van der Waals surface area contributed by atoms with Crippen molar-refractivity contribution in [3.63, 3.8) is 0 Å². The Morgan fingerprint density at radius 3 is 2.63 bits per heavy atom. The van der Waals surface area contributed by atoms with E-state index in [9.17, 15) is 13.2 Å². The molecule has 0 saturated carbocycles. The molecule has 1 aromatic rings. The molecule has 2 N–H and O–H groups in total. The molecule has 1 atom stereocenters. The Morgan fingerprint density at radius 1 is 1.11 bits per heavy atom. The summed E-state index contributed by atoms with van der Waals surface area (Å²) in [7, 11) is -1.83. The molecule has 1 heterocycles. The third-order valence-electron chi connectivity index (χ3n) is 6.03. The number of sulfonamides is 1. The zero-order valence-electron chi connectivity index (χ0n) is 15.8. The minimum Gasteiger partial charge on any atom is -0.307 e. The van der Waals surface area contributed by atoms with Crippen molar-refractivity contribution < 1.29 is 13.2 Å². The van der Waals surface area contributed by atoms with Gasteiger partial charge in [-0.1, -0.05) is 6.08 Å². The van der Waals surface area contributed by atoms with Crippen molar-refractivity contribution in [3.8, 4) is 0 Å². The number of anilines is 1. The van der Waals surface area contributed by atoms with Crippen molar-refractivity contribution >= 4 is 21.7 Å². The third-order valence-corrected chi connectivity index (χ3v) is 7.01. The molecule has 146 valence electrons. The van der Waals surface area contributed by atoms with Crippen molar-refractivity contribution in [3.05, 3.63) is 39.8 Å². The van der Waals surface area contributed by atoms with Gasteiger partial charge < -0.3 is 5.32 Å². The van der Waals surface area contributed by atoms with Crippen LogP contribution >= 0.6 is 0 Å². The van der Waals surface area contributed by atoms with E-state index in [1.54, 1.807) is 6.08 Å². The first-order valence-electron chi connectivity index (χ1n) is 9.82. The Bertz CT molecular complexity index is 892. The number of amides is 2. The number of likely N-dealkylation sites (N-methyl/N-ethyl adjacent to an activating group) is 1. The van der Waals surface area contributed by atoms with Gasteiger partial charge in [0.2, 0.25) is 0 Å². The van der Waals surface area contributed by atoms with E-state index in [0.717, 1.165) is 69.0 Å². The van der Waals surface area contributed by atoms with Gasteiger partial charge >= 0.3 is 6.03 Å². The average molecular weight is 390 g/mol. The standard InChI is InChI=1S/C20H27N3O3S/c1-23-11-4-6-15(23)10-12-27(25,26)22-20(24)21-19-13-14-5-2-7-16(14)17-8-3-9-18(17)19/h10,12-13,15H,2-9,11H2,1H3,(H2,21,22,24)/b12-10+. The molecule has 0 spiro atoms. The van der Waals surface area contributed by atoms with E-state index >= 15 is 0 Å². The van der Waals surface area contributed by atoms with Crippen molar-refractivity contribution in [2.24, 2.45) is 0 Å². The zero-order valence-corrected chi connectivity index (χ0v) is 16.6. The minimum atomic E-state index is -3.81. The van der Waals surface area contributed by atoms with Gasteiger partial charge in [-0.2, -0.15) is 0 Å². The van der Waals surface area contributed by atoms with Crippen molar-refractivity contribution in [1.29, 1.82) is 0 Å². The quantitative estimate of drug-likeness (QED) is 0.830. The molecule has 1 aliphatic heterocycles. The number of urea groups is 1. The van der Waals surface area contributed by atoms with Gasteiger partial charge in [0.1, 0.15) is 0 Å². The highest BCUT2D eigenvalue weighted by atomic mass is 32.2. The maximum atomic E-state index is 12.3. The summed E-state index contributed by atoms with van der Waals surface area (Å²) in [5, 5.41) is 3.91. The lowest BCUT2D eigenvalue weighted by atomic mass is 9.98. The maximum absolute atomic E-state index is 12.3. The van der Waals surface area contributed by atoms with Gasteiger partial charge in [-0.25, -0.2) is 17.9 Å². The predicted octanol–water partition coefficient (Wildman–Crippen LogP) is 2.72. The lowest BCUT2D eigenvalue weighted by Gasteiger charge is -2.16. The van der Waals surface area contributed by atoms with Crippen LogP contribution in [0.3, 0.4) is 0 Å². The number of hydrogen-bond donors (Lipinski definition) is 2. The van der Waals surface area contributed by atoms with Crippen LogP contribution in [0.1, 0.15) is 47.9 Å². The van der Waals surface area contributed by atoms with Gasteiger partial charge in [-0.05, 0) is 93.3 Å². The number of nitrogens with zero attached hydrogens (tertiary/aromatic N) is 1. The Labute approximate surface area is 161 Å². The fourth-order valence-electron chi connectivity index (χ4n) is 4.70. The van der Waals surface area contributed by atoms with Crippen LogP contribution in [0.15, 0.2) is 17.6 Å². The number of benzene rings is 1. The second-order valence-corrected chi connectivity index (χ2v) is 9.41. The number of fused-ring (bicyclic) bond motifs is 3. The number of hydrogen-bond acceptors (Lipinski definition) is 4. The molecule has 2 amide bonds. The molecule has 0 aromatic heterocycles. The van der Waals surface area contributed by atoms with Gasteiger partial charge in [0.05, 0.1) is 0 Å². The molecule has 3 aliphatic rings. The van der Waals surface area contributed by atoms with Crippen molar-refractivity contribution in [1.82, 2.24) is 9.62 Å². The highest BCUT2D eigenvalue weighted by Gasteiger charge is 2.25. The Morgan fingerprint density at radius 2 is 1.85 bits per heavy atom. The van der Waals surface area contributed by atoms with Gasteiger partial charge in [-0.3, -0.25) is 4.90 Å². The van der Waals surface area contributed by atoms with Gasteiger partial charge in [0.25, 0.3) is 10.0 Å². The highest BCUT2D eigenvalue weighted by Crippen LogP contribution is 2.38. The topological polar surface area (TPSA) is 78.5 Å². The number of rotatable bonds is 4. The van der Waals surface area contributed by atoms with Crippen molar-refractivity contribution in [2.75, 3.05) is 18.9 Å². The molecule has 0 radical (unpaired) electrons. The summed E-state index contributed by atoms with van der Waals surface area (Å²) in [5.41, 5.74) is 6.11. The Balaban J connectivity index is 1.45. The van der Waals surface area contributed by atoms with Crippen LogP contribution in [0.4, 0.5) is 10.5 Å². The minimum absolute atomic E-state index is 0.115. The highest BCUT2D eigenvalue weighted by molar-refractivity contribution is 7.92. The normalized spacial score (nSPS) is 22.2. The smallest absolute Gasteiger partial charge is 0.307 e. The summed E-state index contributed by atoms with van der Waals surface area (Å²) in [6.07, 6.45) is 10.1. The summed E-state index contributed by atoms with van der Waals surface area (Å²) in [6, 6.07) is 1.47. The summed E-state index contributed by atoms with van der Waals surface area (Å²) in [5.74, 6) is 0. The van der Waals surface area contributed by atoms with E-state index < -0.39 is 16.1 Å². The number of likely N-dealkylation sites (tertiary alicyclic amines) is 1. The summed E-state index contributed by atoms with van der Waals surface area (Å²) in [4.78, 5) is 14.5. The van der Waals surface area contributed by atoms with Crippen LogP contribution in [-0.2, 0) is 35.7 Å². The van der Waals surface area contributed by atoms with Gasteiger partial charge in [-0.15, -0.1) is 0 Å². The maximum Gasteiger partial charge on any atom is 0.333 e. The van der Waals surface area contributed by atoms with Crippen LogP contribution in [-0.4, -0.2) is 39.0 Å². The molecule has 2 aliphatic carbocycles. The molecule has 4 rings (SSSR count). The van der Waals surface area contributed by atoms with E-state index in [1.807, 2.05) is 13.1 Å². The molecule has 27 heavy (non-hydrogen) atoms. The fourth-order valence-corrected chi connectivity index (χ4v) is 5.47. The first-order chi connectivity index (χ1) is 12.9. The monoisotopic (exact) mass is 389 g/mol. The van der Waals surface area contributed by atoms with E-state index in [1.165, 1.54) is 22.3 Å². The molecule has 1 saturated heterocycles. The molecule has 7 heteroatoms. The van der Waals surface area contributed by atoms with Crippen LogP contribution in [0.25, 0.3) is 0 Å². The second kappa shape index (κ2) is 7.28. The lowest BCUT2D eigenvalue weighted by Crippen LogP contribution is -2.33. The predicted molar refractivity (Wildman–Crippen MR) is 106 cm³/mol. The lowest BCUT2D eigenvalue weighted by molar-refractivity contribution is 0.256. The van der Waals surface area contributed by atoms with E-state index in [2.05, 4.69) is 14.9 Å². The molecular weight excluding hydrogens is 362 g/mol. The van der Waals surface area contributed by atoms with E-state index in [4.69, 9.17) is 0 Å². The third kappa shape index (κ3) is 3.89.